The second kappa shape index (κ2) is 3.79. The standard InChI is InChI=1S/C12H15BrP/c1-10-8-14(13,9-11(10)2)12-6-4-3-5-7-12/h3-7H,8-9H2,1-2H3/q+1. The molecule has 0 aliphatic carbocycles. The SMILES string of the molecule is CC1=C(C)C[P+](Br)(c2ccccc2)C1. The lowest BCUT2D eigenvalue weighted by molar-refractivity contribution is 1.29. The molecule has 2 rings (SSSR count). The molecule has 0 unspecified atom stereocenters. The molecule has 14 heavy (non-hydrogen) atoms. The number of halogens is 1. The van der Waals surface area contributed by atoms with E-state index in [2.05, 4.69) is 59.7 Å². The molecule has 0 saturated heterocycles. The minimum Gasteiger partial charge on any atom is -0.0620 e. The van der Waals surface area contributed by atoms with Crippen molar-refractivity contribution in [3.8, 4) is 0 Å². The second-order valence-electron chi connectivity index (χ2n) is 4.08. The molecule has 0 aromatic heterocycles. The Morgan fingerprint density at radius 3 is 2.00 bits per heavy atom. The van der Waals surface area contributed by atoms with Gasteiger partial charge in [0.2, 0.25) is 0 Å². The Morgan fingerprint density at radius 1 is 1.00 bits per heavy atom. The largest absolute Gasteiger partial charge is 0.145 e. The lowest BCUT2D eigenvalue weighted by Gasteiger charge is -2.13. The van der Waals surface area contributed by atoms with Crippen molar-refractivity contribution in [3.05, 3.63) is 41.5 Å². The zero-order valence-corrected chi connectivity index (χ0v) is 11.1. The Balaban J connectivity index is 2.30. The van der Waals surface area contributed by atoms with E-state index in [9.17, 15) is 0 Å². The molecule has 0 spiro atoms. The zero-order chi connectivity index (χ0) is 10.2. The van der Waals surface area contributed by atoms with E-state index >= 15 is 0 Å². The van der Waals surface area contributed by atoms with Gasteiger partial charge in [0.1, 0.15) is 26.8 Å². The Morgan fingerprint density at radius 2 is 1.50 bits per heavy atom. The van der Waals surface area contributed by atoms with Crippen molar-refractivity contribution in [1.29, 1.82) is 0 Å². The molecule has 1 aromatic rings. The van der Waals surface area contributed by atoms with Crippen LogP contribution in [-0.2, 0) is 0 Å². The maximum Gasteiger partial charge on any atom is 0.145 e. The van der Waals surface area contributed by atoms with Gasteiger partial charge in [-0.05, 0) is 37.1 Å². The Kier molecular flexibility index (Phi) is 2.81. The minimum absolute atomic E-state index is 1.05. The molecule has 0 nitrogen and oxygen atoms in total. The van der Waals surface area contributed by atoms with Gasteiger partial charge in [0.05, 0.1) is 12.3 Å². The van der Waals surface area contributed by atoms with Crippen LogP contribution in [0.15, 0.2) is 41.5 Å². The van der Waals surface area contributed by atoms with Gasteiger partial charge in [-0.15, -0.1) is 0 Å². The first-order chi connectivity index (χ1) is 6.62. The van der Waals surface area contributed by atoms with Gasteiger partial charge in [0.15, 0.2) is 0 Å². The molecule has 1 aliphatic rings. The molecular formula is C12H15BrP+. The Labute approximate surface area is 94.5 Å². The van der Waals surface area contributed by atoms with E-state index in [1.807, 2.05) is 0 Å². The lowest BCUT2D eigenvalue weighted by Crippen LogP contribution is -2.08. The summed E-state index contributed by atoms with van der Waals surface area (Å²) < 4.78 is 0. The van der Waals surface area contributed by atoms with Gasteiger partial charge in [0, 0.05) is 0 Å². The average Bonchev–Trinajstić information content (AvgIpc) is 2.44. The summed E-state index contributed by atoms with van der Waals surface area (Å²) in [5, 5.41) is 1.51. The van der Waals surface area contributed by atoms with Crippen LogP contribution in [0.1, 0.15) is 13.8 Å². The van der Waals surface area contributed by atoms with Crippen LogP contribution in [0.25, 0.3) is 0 Å². The van der Waals surface area contributed by atoms with Crippen LogP contribution in [0.5, 0.6) is 0 Å². The normalized spacial score (nSPS) is 20.2. The first-order valence-corrected chi connectivity index (χ1v) is 9.07. The molecule has 74 valence electrons. The molecule has 0 bridgehead atoms. The first-order valence-electron chi connectivity index (χ1n) is 4.89. The molecule has 2 heteroatoms. The van der Waals surface area contributed by atoms with Crippen LogP contribution < -0.4 is 5.30 Å². The van der Waals surface area contributed by atoms with Crippen molar-refractivity contribution in [3.63, 3.8) is 0 Å². The van der Waals surface area contributed by atoms with E-state index in [0.29, 0.717) is 0 Å². The third kappa shape index (κ3) is 1.81. The predicted octanol–water partition coefficient (Wildman–Crippen LogP) is 3.99. The summed E-state index contributed by atoms with van der Waals surface area (Å²) in [6.07, 6.45) is 2.51. The molecular weight excluding hydrogens is 255 g/mol. The third-order valence-electron chi connectivity index (χ3n) is 2.92. The number of benzene rings is 1. The third-order valence-corrected chi connectivity index (χ3v) is 8.83. The maximum absolute atomic E-state index is 4.00. The second-order valence-corrected chi connectivity index (χ2v) is 11.0. The zero-order valence-electron chi connectivity index (χ0n) is 8.63. The molecule has 0 radical (unpaired) electrons. The number of hydrogen-bond acceptors (Lipinski definition) is 0. The molecule has 0 N–H and O–H groups in total. The Hall–Kier alpha value is -0.130. The van der Waals surface area contributed by atoms with Gasteiger partial charge in [0.25, 0.3) is 0 Å². The fourth-order valence-electron chi connectivity index (χ4n) is 1.96. The molecule has 1 heterocycles. The fourth-order valence-corrected chi connectivity index (χ4v) is 8.15. The van der Waals surface area contributed by atoms with Crippen molar-refractivity contribution < 1.29 is 0 Å². The van der Waals surface area contributed by atoms with Gasteiger partial charge in [-0.25, -0.2) is 0 Å². The van der Waals surface area contributed by atoms with Crippen molar-refractivity contribution in [1.82, 2.24) is 0 Å². The highest BCUT2D eigenvalue weighted by atomic mass is 79.9. The monoisotopic (exact) mass is 269 g/mol. The summed E-state index contributed by atoms with van der Waals surface area (Å²) in [7, 11) is 0. The van der Waals surface area contributed by atoms with Crippen LogP contribution >= 0.6 is 21.5 Å². The highest BCUT2D eigenvalue weighted by Gasteiger charge is 2.43. The van der Waals surface area contributed by atoms with Crippen LogP contribution in [0, 0.1) is 0 Å². The summed E-state index contributed by atoms with van der Waals surface area (Å²) in [6.45, 7) is 4.53. The molecule has 0 atom stereocenters. The number of hydrogen-bond donors (Lipinski definition) is 0. The van der Waals surface area contributed by atoms with Crippen molar-refractivity contribution in [2.24, 2.45) is 0 Å². The average molecular weight is 270 g/mol. The van der Waals surface area contributed by atoms with E-state index < -0.39 is 5.96 Å². The van der Waals surface area contributed by atoms with Gasteiger partial charge in [-0.1, -0.05) is 18.2 Å². The Bertz CT molecular complexity index is 353. The summed E-state index contributed by atoms with van der Waals surface area (Å²) in [6, 6.07) is 10.9. The molecule has 0 saturated carbocycles. The van der Waals surface area contributed by atoms with Gasteiger partial charge < -0.3 is 0 Å². The highest BCUT2D eigenvalue weighted by Crippen LogP contribution is 2.70. The smallest absolute Gasteiger partial charge is 0.0620 e. The van der Waals surface area contributed by atoms with Crippen LogP contribution in [0.2, 0.25) is 0 Å². The van der Waals surface area contributed by atoms with Crippen molar-refractivity contribution in [2.45, 2.75) is 13.8 Å². The highest BCUT2D eigenvalue weighted by molar-refractivity contribution is 9.43. The number of allylic oxidation sites excluding steroid dienone is 2. The predicted molar refractivity (Wildman–Crippen MR) is 70.0 cm³/mol. The van der Waals surface area contributed by atoms with Crippen molar-refractivity contribution in [2.75, 3.05) is 12.3 Å². The van der Waals surface area contributed by atoms with Crippen LogP contribution in [0.4, 0.5) is 0 Å². The van der Waals surface area contributed by atoms with E-state index in [4.69, 9.17) is 0 Å². The maximum atomic E-state index is 4.00. The summed E-state index contributed by atoms with van der Waals surface area (Å²) in [5.74, 6) is -1.05. The van der Waals surface area contributed by atoms with Gasteiger partial charge in [-0.2, -0.15) is 0 Å². The molecule has 0 amide bonds. The van der Waals surface area contributed by atoms with Crippen molar-refractivity contribution >= 4 is 26.8 Å². The molecule has 0 fully saturated rings. The van der Waals surface area contributed by atoms with Crippen LogP contribution in [-0.4, -0.2) is 12.3 Å². The fraction of sp³-hybridized carbons (Fsp3) is 0.333. The van der Waals surface area contributed by atoms with E-state index in [0.717, 1.165) is 0 Å². The summed E-state index contributed by atoms with van der Waals surface area (Å²) >= 11 is 4.00. The summed E-state index contributed by atoms with van der Waals surface area (Å²) in [4.78, 5) is 0. The quantitative estimate of drug-likeness (QED) is 0.534. The molecule has 1 aliphatic heterocycles. The molecule has 1 aromatic carbocycles. The van der Waals surface area contributed by atoms with E-state index in [1.165, 1.54) is 17.6 Å². The number of rotatable bonds is 1. The first kappa shape index (κ1) is 10.4. The van der Waals surface area contributed by atoms with Gasteiger partial charge in [-0.3, -0.25) is 0 Å². The topological polar surface area (TPSA) is 0 Å². The van der Waals surface area contributed by atoms with E-state index in [1.54, 1.807) is 11.1 Å². The van der Waals surface area contributed by atoms with Crippen LogP contribution in [0.3, 0.4) is 0 Å². The minimum atomic E-state index is -1.05. The van der Waals surface area contributed by atoms with E-state index in [-0.39, 0.29) is 0 Å². The summed E-state index contributed by atoms with van der Waals surface area (Å²) in [5.41, 5.74) is 3.16. The lowest BCUT2D eigenvalue weighted by atomic mass is 10.2. The van der Waals surface area contributed by atoms with Gasteiger partial charge >= 0.3 is 0 Å².